The molecule has 244 valence electrons. The van der Waals surface area contributed by atoms with Gasteiger partial charge in [-0.05, 0) is 86.3 Å². The number of hydrogen-bond acceptors (Lipinski definition) is 8. The number of amides is 3. The second-order valence-corrected chi connectivity index (χ2v) is 10.8. The first-order chi connectivity index (χ1) is 20.7. The number of rotatable bonds is 15. The number of hydrogen-bond donors (Lipinski definition) is 5. The molecule has 2 atom stereocenters. The number of carbonyl (C=O) groups is 5. The van der Waals surface area contributed by atoms with Crippen molar-refractivity contribution in [3.8, 4) is 0 Å². The summed E-state index contributed by atoms with van der Waals surface area (Å²) in [6.07, 6.45) is 1.95. The Morgan fingerprint density at radius 2 is 1.47 bits per heavy atom. The van der Waals surface area contributed by atoms with E-state index in [0.29, 0.717) is 42.4 Å². The summed E-state index contributed by atoms with van der Waals surface area (Å²) in [6.45, 7) is 0.682. The molecular formula is C31H38BrCl2N5O6. The molecule has 45 heavy (non-hydrogen) atoms. The molecular weight excluding hydrogens is 689 g/mol. The Hall–Kier alpha value is -3.55. The molecule has 0 aliphatic carbocycles. The Morgan fingerprint density at radius 3 is 2.13 bits per heavy atom. The molecule has 3 amide bonds. The summed E-state index contributed by atoms with van der Waals surface area (Å²) < 4.78 is 5.29. The lowest BCUT2D eigenvalue weighted by Gasteiger charge is -2.22. The zero-order valence-corrected chi connectivity index (χ0v) is 27.9. The number of carbonyl (C=O) groups excluding carboxylic acids is 5. The van der Waals surface area contributed by atoms with Crippen molar-refractivity contribution in [2.24, 2.45) is 11.5 Å². The van der Waals surface area contributed by atoms with E-state index in [1.807, 2.05) is 30.3 Å². The molecule has 0 spiro atoms. The van der Waals surface area contributed by atoms with Crippen LogP contribution in [0.5, 0.6) is 0 Å². The predicted octanol–water partition coefficient (Wildman–Crippen LogP) is 3.89. The van der Waals surface area contributed by atoms with E-state index in [4.69, 9.17) is 16.2 Å². The maximum atomic E-state index is 13.4. The number of ether oxygens (including phenoxy) is 1. The van der Waals surface area contributed by atoms with Crippen LogP contribution in [0, 0.1) is 0 Å². The normalized spacial score (nSPS) is 11.6. The van der Waals surface area contributed by atoms with Gasteiger partial charge in [-0.25, -0.2) is 4.79 Å². The summed E-state index contributed by atoms with van der Waals surface area (Å²) >= 11 is 3.31. The molecule has 0 saturated heterocycles. The standard InChI is InChI=1S/C31H36BrN5O6.2ClH/c1-43-31(42)26(10-6-16-34)37-29(40)25(9-4-5-15-33)36-30(41)27(38)23-18-22(32)13-14-24(23)35-28(39)21-12-11-19-7-2-3-8-20(19)17-21;;/h2-3,7-8,11-14,17-18,25-26H,4-6,9-10,15-16,33-34H2,1H3,(H,35,39)(H,36,41)(H,37,40);2*1H. The third-order valence-electron chi connectivity index (χ3n) is 6.76. The van der Waals surface area contributed by atoms with E-state index in [1.165, 1.54) is 19.2 Å². The summed E-state index contributed by atoms with van der Waals surface area (Å²) in [5, 5.41) is 9.66. The number of Topliss-reactive ketones (excluding diaryl/α,β-unsaturated/α-hetero) is 1. The van der Waals surface area contributed by atoms with Crippen LogP contribution in [0.4, 0.5) is 5.69 Å². The lowest BCUT2D eigenvalue weighted by molar-refractivity contribution is -0.145. The highest BCUT2D eigenvalue weighted by Crippen LogP contribution is 2.24. The highest BCUT2D eigenvalue weighted by atomic mass is 79.9. The van der Waals surface area contributed by atoms with Crippen molar-refractivity contribution in [2.75, 3.05) is 25.5 Å². The number of nitrogens with one attached hydrogen (secondary N) is 3. The first-order valence-corrected chi connectivity index (χ1v) is 14.7. The van der Waals surface area contributed by atoms with Gasteiger partial charge in [-0.1, -0.05) is 46.3 Å². The van der Waals surface area contributed by atoms with Crippen LogP contribution < -0.4 is 27.4 Å². The van der Waals surface area contributed by atoms with Gasteiger partial charge in [-0.3, -0.25) is 19.2 Å². The quantitative estimate of drug-likeness (QED) is 0.0677. The van der Waals surface area contributed by atoms with Crippen molar-refractivity contribution in [1.82, 2.24) is 10.6 Å². The van der Waals surface area contributed by atoms with Crippen molar-refractivity contribution in [2.45, 2.75) is 44.2 Å². The monoisotopic (exact) mass is 725 g/mol. The molecule has 0 saturated carbocycles. The van der Waals surface area contributed by atoms with Crippen LogP contribution in [0.1, 0.15) is 52.8 Å². The molecule has 0 aromatic heterocycles. The number of benzene rings is 3. The van der Waals surface area contributed by atoms with Crippen LogP contribution in [0.2, 0.25) is 0 Å². The lowest BCUT2D eigenvalue weighted by atomic mass is 10.0. The number of halogens is 3. The van der Waals surface area contributed by atoms with Crippen molar-refractivity contribution in [3.63, 3.8) is 0 Å². The molecule has 11 nitrogen and oxygen atoms in total. The summed E-state index contributed by atoms with van der Waals surface area (Å²) in [4.78, 5) is 65.1. The first kappa shape index (κ1) is 39.5. The summed E-state index contributed by atoms with van der Waals surface area (Å²) in [7, 11) is 1.21. The third kappa shape index (κ3) is 11.4. The minimum atomic E-state index is -1.13. The molecule has 0 aliphatic rings. The van der Waals surface area contributed by atoms with Gasteiger partial charge in [-0.2, -0.15) is 0 Å². The SMILES string of the molecule is COC(=O)C(CCCN)NC(=O)C(CCCCN)NC(=O)C(=O)c1cc(Br)ccc1NC(=O)c1ccc2ccccc2c1.Cl.Cl. The third-order valence-corrected chi connectivity index (χ3v) is 7.25. The molecule has 0 bridgehead atoms. The zero-order valence-electron chi connectivity index (χ0n) is 24.7. The summed E-state index contributed by atoms with van der Waals surface area (Å²) in [5.74, 6) is -3.77. The topological polar surface area (TPSA) is 183 Å². The van der Waals surface area contributed by atoms with Gasteiger partial charge in [0.25, 0.3) is 17.6 Å². The van der Waals surface area contributed by atoms with Crippen LogP contribution in [0.25, 0.3) is 10.8 Å². The molecule has 3 aromatic carbocycles. The van der Waals surface area contributed by atoms with Crippen LogP contribution in [-0.2, 0) is 19.1 Å². The molecule has 0 aliphatic heterocycles. The van der Waals surface area contributed by atoms with Gasteiger partial charge < -0.3 is 32.2 Å². The summed E-state index contributed by atoms with van der Waals surface area (Å²) in [5.41, 5.74) is 11.6. The maximum Gasteiger partial charge on any atom is 0.328 e. The fourth-order valence-corrected chi connectivity index (χ4v) is 4.79. The van der Waals surface area contributed by atoms with E-state index in [2.05, 4.69) is 31.9 Å². The first-order valence-electron chi connectivity index (χ1n) is 13.9. The minimum absolute atomic E-state index is 0. The number of unbranched alkanes of at least 4 members (excludes halogenated alkanes) is 1. The number of esters is 1. The Labute approximate surface area is 282 Å². The van der Waals surface area contributed by atoms with Crippen LogP contribution in [0.15, 0.2) is 65.1 Å². The predicted molar refractivity (Wildman–Crippen MR) is 182 cm³/mol. The van der Waals surface area contributed by atoms with E-state index in [-0.39, 0.29) is 48.9 Å². The smallest absolute Gasteiger partial charge is 0.328 e. The maximum absolute atomic E-state index is 13.4. The molecule has 0 radical (unpaired) electrons. The Balaban J connectivity index is 0.00000506. The van der Waals surface area contributed by atoms with E-state index >= 15 is 0 Å². The Bertz CT molecular complexity index is 1490. The largest absolute Gasteiger partial charge is 0.467 e. The van der Waals surface area contributed by atoms with E-state index in [0.717, 1.165) is 10.8 Å². The van der Waals surface area contributed by atoms with Gasteiger partial charge in [-0.15, -0.1) is 24.8 Å². The molecule has 7 N–H and O–H groups in total. The van der Waals surface area contributed by atoms with E-state index in [1.54, 1.807) is 18.2 Å². The second kappa shape index (κ2) is 19.8. The highest BCUT2D eigenvalue weighted by molar-refractivity contribution is 9.10. The van der Waals surface area contributed by atoms with Gasteiger partial charge in [0.1, 0.15) is 12.1 Å². The molecule has 14 heteroatoms. The molecule has 2 unspecified atom stereocenters. The van der Waals surface area contributed by atoms with Crippen molar-refractivity contribution < 1.29 is 28.7 Å². The summed E-state index contributed by atoms with van der Waals surface area (Å²) in [6, 6.07) is 15.3. The number of ketones is 1. The number of fused-ring (bicyclic) bond motifs is 1. The van der Waals surface area contributed by atoms with Crippen LogP contribution in [-0.4, -0.2) is 61.8 Å². The number of methoxy groups -OCH3 is 1. The minimum Gasteiger partial charge on any atom is -0.467 e. The number of anilines is 1. The molecule has 0 fully saturated rings. The van der Waals surface area contributed by atoms with Crippen LogP contribution >= 0.6 is 40.7 Å². The number of nitrogens with two attached hydrogens (primary N) is 2. The van der Waals surface area contributed by atoms with Crippen molar-refractivity contribution in [1.29, 1.82) is 0 Å². The molecule has 3 rings (SSSR count). The fraction of sp³-hybridized carbons (Fsp3) is 0.323. The zero-order chi connectivity index (χ0) is 31.4. The Morgan fingerprint density at radius 1 is 0.800 bits per heavy atom. The van der Waals surface area contributed by atoms with Gasteiger partial charge >= 0.3 is 5.97 Å². The van der Waals surface area contributed by atoms with Crippen molar-refractivity contribution >= 4 is 86.7 Å². The van der Waals surface area contributed by atoms with Gasteiger partial charge in [0.05, 0.1) is 18.4 Å². The highest BCUT2D eigenvalue weighted by Gasteiger charge is 2.30. The fourth-order valence-electron chi connectivity index (χ4n) is 4.43. The van der Waals surface area contributed by atoms with Crippen molar-refractivity contribution in [3.05, 3.63) is 76.3 Å². The Kier molecular flexibility index (Phi) is 17.3. The average molecular weight is 727 g/mol. The van der Waals surface area contributed by atoms with Gasteiger partial charge in [0.15, 0.2) is 0 Å². The van der Waals surface area contributed by atoms with Gasteiger partial charge in [0, 0.05) is 10.0 Å². The second-order valence-electron chi connectivity index (χ2n) is 9.86. The molecule has 0 heterocycles. The van der Waals surface area contributed by atoms with E-state index < -0.39 is 41.6 Å². The van der Waals surface area contributed by atoms with Crippen LogP contribution in [0.3, 0.4) is 0 Å². The van der Waals surface area contributed by atoms with E-state index in [9.17, 15) is 24.0 Å². The lowest BCUT2D eigenvalue weighted by Crippen LogP contribution is -2.53. The van der Waals surface area contributed by atoms with Gasteiger partial charge in [0.2, 0.25) is 5.91 Å². The molecule has 3 aromatic rings. The average Bonchev–Trinajstić information content (AvgIpc) is 3.02.